The summed E-state index contributed by atoms with van der Waals surface area (Å²) in [7, 11) is 0. The zero-order valence-corrected chi connectivity index (χ0v) is 12.1. The normalized spacial score (nSPS) is 14.1. The van der Waals surface area contributed by atoms with E-state index in [4.69, 9.17) is 11.6 Å². The molecule has 106 valence electrons. The van der Waals surface area contributed by atoms with Crippen LogP contribution < -0.4 is 5.32 Å². The summed E-state index contributed by atoms with van der Waals surface area (Å²) in [5.41, 5.74) is 1.67. The first-order valence-electron chi connectivity index (χ1n) is 6.44. The Morgan fingerprint density at radius 2 is 1.65 bits per heavy atom. The molecule has 0 bridgehead atoms. The molecule has 0 saturated carbocycles. The van der Waals surface area contributed by atoms with E-state index in [0.717, 1.165) is 11.6 Å². The molecule has 1 unspecified atom stereocenters. The van der Waals surface area contributed by atoms with Crippen molar-refractivity contribution in [3.05, 3.63) is 70.2 Å². The van der Waals surface area contributed by atoms with Crippen LogP contribution in [-0.2, 0) is 0 Å². The summed E-state index contributed by atoms with van der Waals surface area (Å²) in [5, 5.41) is 4.01. The summed E-state index contributed by atoms with van der Waals surface area (Å²) < 4.78 is 26.2. The number of halogens is 3. The third-order valence-electron chi connectivity index (χ3n) is 3.32. The predicted octanol–water partition coefficient (Wildman–Crippen LogP) is 5.03. The molecule has 0 aliphatic heterocycles. The van der Waals surface area contributed by atoms with Gasteiger partial charge in [-0.25, -0.2) is 8.78 Å². The van der Waals surface area contributed by atoms with Crippen molar-refractivity contribution in [2.45, 2.75) is 25.9 Å². The second-order valence-electron chi connectivity index (χ2n) is 4.81. The minimum atomic E-state index is -0.833. The van der Waals surface area contributed by atoms with Gasteiger partial charge in [0, 0.05) is 17.1 Å². The fourth-order valence-corrected chi connectivity index (χ4v) is 2.47. The van der Waals surface area contributed by atoms with E-state index in [9.17, 15) is 8.78 Å². The monoisotopic (exact) mass is 295 g/mol. The molecule has 0 fully saturated rings. The SMILES string of the molecule is CC(N[C@H](C)c1ccccc1Cl)c1ccc(F)c(F)c1. The molecule has 0 aliphatic carbocycles. The predicted molar refractivity (Wildman–Crippen MR) is 77.8 cm³/mol. The van der Waals surface area contributed by atoms with Gasteiger partial charge in [-0.05, 0) is 43.2 Å². The minimum Gasteiger partial charge on any atom is -0.304 e. The summed E-state index contributed by atoms with van der Waals surface area (Å²) in [6.45, 7) is 3.89. The lowest BCUT2D eigenvalue weighted by molar-refractivity contribution is 0.480. The highest BCUT2D eigenvalue weighted by Crippen LogP contribution is 2.25. The quantitative estimate of drug-likeness (QED) is 0.834. The summed E-state index contributed by atoms with van der Waals surface area (Å²) in [5.74, 6) is -1.67. The van der Waals surface area contributed by atoms with Gasteiger partial charge in [0.15, 0.2) is 11.6 Å². The van der Waals surface area contributed by atoms with E-state index in [2.05, 4.69) is 5.32 Å². The largest absolute Gasteiger partial charge is 0.304 e. The molecule has 2 aromatic carbocycles. The van der Waals surface area contributed by atoms with E-state index in [1.54, 1.807) is 6.07 Å². The number of hydrogen-bond donors (Lipinski definition) is 1. The summed E-state index contributed by atoms with van der Waals surface area (Å²) in [6.07, 6.45) is 0. The number of hydrogen-bond acceptors (Lipinski definition) is 1. The Morgan fingerprint density at radius 1 is 0.950 bits per heavy atom. The molecule has 1 nitrogen and oxygen atoms in total. The van der Waals surface area contributed by atoms with Crippen molar-refractivity contribution >= 4 is 11.6 Å². The Morgan fingerprint density at radius 3 is 2.30 bits per heavy atom. The molecule has 4 heteroatoms. The molecule has 0 saturated heterocycles. The highest BCUT2D eigenvalue weighted by Gasteiger charge is 2.14. The molecule has 0 radical (unpaired) electrons. The van der Waals surface area contributed by atoms with Crippen molar-refractivity contribution in [2.75, 3.05) is 0 Å². The van der Waals surface area contributed by atoms with Crippen molar-refractivity contribution in [1.82, 2.24) is 5.32 Å². The first kappa shape index (κ1) is 14.9. The Bertz CT molecular complexity index is 601. The molecule has 0 amide bonds. The van der Waals surface area contributed by atoms with Crippen LogP contribution in [0.15, 0.2) is 42.5 Å². The first-order chi connectivity index (χ1) is 9.49. The topological polar surface area (TPSA) is 12.0 Å². The first-order valence-corrected chi connectivity index (χ1v) is 6.82. The van der Waals surface area contributed by atoms with E-state index >= 15 is 0 Å². The smallest absolute Gasteiger partial charge is 0.159 e. The fourth-order valence-electron chi connectivity index (χ4n) is 2.17. The van der Waals surface area contributed by atoms with Gasteiger partial charge in [-0.3, -0.25) is 0 Å². The van der Waals surface area contributed by atoms with Gasteiger partial charge in [-0.1, -0.05) is 35.9 Å². The van der Waals surface area contributed by atoms with Crippen molar-refractivity contribution in [1.29, 1.82) is 0 Å². The molecule has 2 atom stereocenters. The van der Waals surface area contributed by atoms with Gasteiger partial charge < -0.3 is 5.32 Å². The van der Waals surface area contributed by atoms with E-state index in [-0.39, 0.29) is 12.1 Å². The summed E-state index contributed by atoms with van der Waals surface area (Å²) in [6, 6.07) is 11.4. The Hall–Kier alpha value is -1.45. The van der Waals surface area contributed by atoms with Crippen LogP contribution in [-0.4, -0.2) is 0 Å². The van der Waals surface area contributed by atoms with Crippen LogP contribution in [0.25, 0.3) is 0 Å². The molecule has 0 aromatic heterocycles. The Labute approximate surface area is 122 Å². The van der Waals surface area contributed by atoms with E-state index in [1.807, 2.05) is 38.1 Å². The lowest BCUT2D eigenvalue weighted by atomic mass is 10.0. The van der Waals surface area contributed by atoms with Gasteiger partial charge in [-0.15, -0.1) is 0 Å². The number of benzene rings is 2. The van der Waals surface area contributed by atoms with Crippen LogP contribution in [0.1, 0.15) is 37.1 Å². The van der Waals surface area contributed by atoms with Crippen LogP contribution in [0.3, 0.4) is 0 Å². The van der Waals surface area contributed by atoms with Gasteiger partial charge in [0.2, 0.25) is 0 Å². The van der Waals surface area contributed by atoms with Gasteiger partial charge >= 0.3 is 0 Å². The summed E-state index contributed by atoms with van der Waals surface area (Å²) in [4.78, 5) is 0. The maximum absolute atomic E-state index is 13.2. The standard InChI is InChI=1S/C16H16ClF2N/c1-10(12-7-8-15(18)16(19)9-12)20-11(2)13-5-3-4-6-14(13)17/h3-11,20H,1-2H3/t10?,11-/m1/s1. The summed E-state index contributed by atoms with van der Waals surface area (Å²) >= 11 is 6.14. The number of nitrogens with one attached hydrogen (secondary N) is 1. The van der Waals surface area contributed by atoms with Crippen molar-refractivity contribution < 1.29 is 8.78 Å². The molecular formula is C16H16ClF2N. The lowest BCUT2D eigenvalue weighted by Crippen LogP contribution is -2.22. The molecule has 2 aromatic rings. The van der Waals surface area contributed by atoms with Gasteiger partial charge in [0.05, 0.1) is 0 Å². The molecule has 2 rings (SSSR count). The van der Waals surface area contributed by atoms with Crippen LogP contribution >= 0.6 is 11.6 Å². The second kappa shape index (κ2) is 6.33. The number of rotatable bonds is 4. The van der Waals surface area contributed by atoms with Crippen LogP contribution in [0.2, 0.25) is 5.02 Å². The Kier molecular flexibility index (Phi) is 4.73. The average Bonchev–Trinajstić information content (AvgIpc) is 2.42. The third-order valence-corrected chi connectivity index (χ3v) is 3.66. The lowest BCUT2D eigenvalue weighted by Gasteiger charge is -2.21. The fraction of sp³-hybridized carbons (Fsp3) is 0.250. The molecule has 1 N–H and O–H groups in total. The maximum Gasteiger partial charge on any atom is 0.159 e. The third kappa shape index (κ3) is 3.35. The molecule has 0 aliphatic rings. The maximum atomic E-state index is 13.2. The van der Waals surface area contributed by atoms with Crippen molar-refractivity contribution in [2.24, 2.45) is 0 Å². The second-order valence-corrected chi connectivity index (χ2v) is 5.21. The van der Waals surface area contributed by atoms with Crippen molar-refractivity contribution in [3.63, 3.8) is 0 Å². The van der Waals surface area contributed by atoms with Gasteiger partial charge in [0.1, 0.15) is 0 Å². The van der Waals surface area contributed by atoms with E-state index < -0.39 is 11.6 Å². The van der Waals surface area contributed by atoms with Crippen LogP contribution in [0.4, 0.5) is 8.78 Å². The molecule has 0 heterocycles. The van der Waals surface area contributed by atoms with Gasteiger partial charge in [0.25, 0.3) is 0 Å². The minimum absolute atomic E-state index is 0.00631. The van der Waals surface area contributed by atoms with Crippen LogP contribution in [0.5, 0.6) is 0 Å². The highest BCUT2D eigenvalue weighted by atomic mass is 35.5. The zero-order chi connectivity index (χ0) is 14.7. The molecule has 0 spiro atoms. The van der Waals surface area contributed by atoms with E-state index in [1.165, 1.54) is 6.07 Å². The average molecular weight is 296 g/mol. The van der Waals surface area contributed by atoms with Gasteiger partial charge in [-0.2, -0.15) is 0 Å². The molecule has 20 heavy (non-hydrogen) atoms. The zero-order valence-electron chi connectivity index (χ0n) is 11.3. The van der Waals surface area contributed by atoms with Crippen LogP contribution in [0, 0.1) is 11.6 Å². The molecular weight excluding hydrogens is 280 g/mol. The highest BCUT2D eigenvalue weighted by molar-refractivity contribution is 6.31. The van der Waals surface area contributed by atoms with E-state index in [0.29, 0.717) is 10.6 Å². The Balaban J connectivity index is 2.13. The van der Waals surface area contributed by atoms with Crippen molar-refractivity contribution in [3.8, 4) is 0 Å².